The van der Waals surface area contributed by atoms with Gasteiger partial charge in [-0.25, -0.2) is 0 Å². The SMILES string of the molecule is O=C(CN1CCCCCCC1=O)NCc1ccccc1. The van der Waals surface area contributed by atoms with Crippen LogP contribution in [-0.4, -0.2) is 29.8 Å². The minimum Gasteiger partial charge on any atom is -0.350 e. The van der Waals surface area contributed by atoms with Crippen LogP contribution in [0.4, 0.5) is 0 Å². The Morgan fingerprint density at radius 2 is 1.85 bits per heavy atom. The number of carbonyl (C=O) groups is 2. The zero-order valence-corrected chi connectivity index (χ0v) is 11.8. The summed E-state index contributed by atoms with van der Waals surface area (Å²) in [7, 11) is 0. The van der Waals surface area contributed by atoms with Crippen LogP contribution in [0.15, 0.2) is 30.3 Å². The van der Waals surface area contributed by atoms with Crippen LogP contribution in [0.25, 0.3) is 0 Å². The van der Waals surface area contributed by atoms with Crippen LogP contribution < -0.4 is 5.32 Å². The van der Waals surface area contributed by atoms with Crippen LogP contribution in [-0.2, 0) is 16.1 Å². The van der Waals surface area contributed by atoms with Crippen LogP contribution in [0.5, 0.6) is 0 Å². The van der Waals surface area contributed by atoms with E-state index in [1.165, 1.54) is 0 Å². The Hall–Kier alpha value is -1.84. The first kappa shape index (κ1) is 14.6. The summed E-state index contributed by atoms with van der Waals surface area (Å²) in [6, 6.07) is 9.79. The van der Waals surface area contributed by atoms with Gasteiger partial charge in [-0.2, -0.15) is 0 Å². The standard InChI is InChI=1S/C16H22N2O2/c19-15(17-12-14-8-4-3-5-9-14)13-18-11-7-2-1-6-10-16(18)20/h3-5,8-9H,1-2,6-7,10-13H2,(H,17,19). The largest absolute Gasteiger partial charge is 0.350 e. The summed E-state index contributed by atoms with van der Waals surface area (Å²) in [5.74, 6) is 0.0299. The lowest BCUT2D eigenvalue weighted by Gasteiger charge is -2.24. The van der Waals surface area contributed by atoms with Gasteiger partial charge in [0.1, 0.15) is 0 Å². The number of nitrogens with zero attached hydrogens (tertiary/aromatic N) is 1. The van der Waals surface area contributed by atoms with Crippen LogP contribution in [0.3, 0.4) is 0 Å². The van der Waals surface area contributed by atoms with Crippen LogP contribution >= 0.6 is 0 Å². The van der Waals surface area contributed by atoms with Crippen molar-refractivity contribution >= 4 is 11.8 Å². The Morgan fingerprint density at radius 1 is 1.10 bits per heavy atom. The number of amides is 2. The first-order chi connectivity index (χ1) is 9.75. The third-order valence-electron chi connectivity index (χ3n) is 3.59. The molecule has 0 unspecified atom stereocenters. The fourth-order valence-corrected chi connectivity index (χ4v) is 2.41. The summed E-state index contributed by atoms with van der Waals surface area (Å²) in [5.41, 5.74) is 1.07. The molecule has 4 nitrogen and oxygen atoms in total. The monoisotopic (exact) mass is 274 g/mol. The summed E-state index contributed by atoms with van der Waals surface area (Å²) in [4.78, 5) is 25.5. The highest BCUT2D eigenvalue weighted by molar-refractivity contribution is 5.84. The van der Waals surface area contributed by atoms with Gasteiger partial charge in [-0.05, 0) is 18.4 Å². The Kier molecular flexibility index (Phi) is 5.59. The lowest BCUT2D eigenvalue weighted by molar-refractivity contribution is -0.136. The quantitative estimate of drug-likeness (QED) is 0.914. The Bertz CT molecular complexity index is 445. The molecule has 4 heteroatoms. The topological polar surface area (TPSA) is 49.4 Å². The fourth-order valence-electron chi connectivity index (χ4n) is 2.41. The number of benzene rings is 1. The van der Waals surface area contributed by atoms with Crippen molar-refractivity contribution in [1.29, 1.82) is 0 Å². The minimum atomic E-state index is -0.0808. The van der Waals surface area contributed by atoms with Gasteiger partial charge in [0.05, 0.1) is 6.54 Å². The molecule has 0 atom stereocenters. The predicted molar refractivity (Wildman–Crippen MR) is 78.0 cm³/mol. The summed E-state index contributed by atoms with van der Waals surface area (Å²) in [6.07, 6.45) is 4.79. The molecule has 2 amide bonds. The summed E-state index contributed by atoms with van der Waals surface area (Å²) in [6.45, 7) is 1.41. The molecule has 108 valence electrons. The van der Waals surface area contributed by atoms with Crippen molar-refractivity contribution in [2.75, 3.05) is 13.1 Å². The molecule has 1 heterocycles. The van der Waals surface area contributed by atoms with Gasteiger partial charge in [0.15, 0.2) is 0 Å². The van der Waals surface area contributed by atoms with E-state index in [1.807, 2.05) is 30.3 Å². The van der Waals surface area contributed by atoms with E-state index < -0.39 is 0 Å². The van der Waals surface area contributed by atoms with Crippen molar-refractivity contribution in [3.63, 3.8) is 0 Å². The highest BCUT2D eigenvalue weighted by atomic mass is 16.2. The third kappa shape index (κ3) is 4.68. The van der Waals surface area contributed by atoms with Crippen LogP contribution in [0, 0.1) is 0 Å². The lowest BCUT2D eigenvalue weighted by Crippen LogP contribution is -2.41. The average Bonchev–Trinajstić information content (AvgIpc) is 2.46. The van der Waals surface area contributed by atoms with Crippen molar-refractivity contribution in [3.8, 4) is 0 Å². The van der Waals surface area contributed by atoms with Crippen molar-refractivity contribution < 1.29 is 9.59 Å². The third-order valence-corrected chi connectivity index (χ3v) is 3.59. The molecular weight excluding hydrogens is 252 g/mol. The Balaban J connectivity index is 1.79. The van der Waals surface area contributed by atoms with Crippen molar-refractivity contribution in [2.24, 2.45) is 0 Å². The van der Waals surface area contributed by atoms with Crippen molar-refractivity contribution in [3.05, 3.63) is 35.9 Å². The molecule has 0 spiro atoms. The summed E-state index contributed by atoms with van der Waals surface area (Å²) >= 11 is 0. The molecule has 20 heavy (non-hydrogen) atoms. The number of hydrogen-bond acceptors (Lipinski definition) is 2. The lowest BCUT2D eigenvalue weighted by atomic mass is 10.1. The van der Waals surface area contributed by atoms with Gasteiger partial charge >= 0.3 is 0 Å². The molecule has 1 aliphatic rings. The highest BCUT2D eigenvalue weighted by Crippen LogP contribution is 2.11. The Morgan fingerprint density at radius 3 is 2.65 bits per heavy atom. The second-order valence-electron chi connectivity index (χ2n) is 5.24. The predicted octanol–water partition coefficient (Wildman–Crippen LogP) is 2.10. The van der Waals surface area contributed by atoms with Gasteiger partial charge in [-0.1, -0.05) is 43.2 Å². The molecule has 2 rings (SSSR count). The van der Waals surface area contributed by atoms with E-state index in [9.17, 15) is 9.59 Å². The molecule has 0 aromatic heterocycles. The zero-order valence-electron chi connectivity index (χ0n) is 11.8. The highest BCUT2D eigenvalue weighted by Gasteiger charge is 2.18. The van der Waals surface area contributed by atoms with E-state index in [2.05, 4.69) is 5.32 Å². The number of likely N-dealkylation sites (tertiary alicyclic amines) is 1. The maximum Gasteiger partial charge on any atom is 0.239 e. The molecule has 0 bridgehead atoms. The minimum absolute atomic E-state index is 0.0808. The normalized spacial score (nSPS) is 16.4. The molecular formula is C16H22N2O2. The van der Waals surface area contributed by atoms with Gasteiger partial charge in [0, 0.05) is 19.5 Å². The fraction of sp³-hybridized carbons (Fsp3) is 0.500. The van der Waals surface area contributed by atoms with E-state index >= 15 is 0 Å². The van der Waals surface area contributed by atoms with E-state index in [-0.39, 0.29) is 18.4 Å². The molecule has 1 fully saturated rings. The second kappa shape index (κ2) is 7.68. The molecule has 1 aliphatic heterocycles. The van der Waals surface area contributed by atoms with E-state index in [4.69, 9.17) is 0 Å². The average molecular weight is 274 g/mol. The van der Waals surface area contributed by atoms with Crippen LogP contribution in [0.2, 0.25) is 0 Å². The van der Waals surface area contributed by atoms with Gasteiger partial charge in [-0.15, -0.1) is 0 Å². The molecule has 0 saturated carbocycles. The summed E-state index contributed by atoms with van der Waals surface area (Å²) < 4.78 is 0. The number of hydrogen-bond donors (Lipinski definition) is 1. The molecule has 0 radical (unpaired) electrons. The van der Waals surface area contributed by atoms with Crippen LogP contribution in [0.1, 0.15) is 37.7 Å². The number of nitrogens with one attached hydrogen (secondary N) is 1. The number of rotatable bonds is 4. The Labute approximate surface area is 120 Å². The molecule has 1 saturated heterocycles. The maximum absolute atomic E-state index is 11.9. The van der Waals surface area contributed by atoms with E-state index in [0.717, 1.165) is 31.2 Å². The van der Waals surface area contributed by atoms with Gasteiger partial charge in [0.25, 0.3) is 0 Å². The van der Waals surface area contributed by atoms with Crippen molar-refractivity contribution in [2.45, 2.75) is 38.6 Å². The first-order valence-electron chi connectivity index (χ1n) is 7.34. The maximum atomic E-state index is 11.9. The van der Waals surface area contributed by atoms with Gasteiger partial charge in [-0.3, -0.25) is 9.59 Å². The van der Waals surface area contributed by atoms with Gasteiger partial charge in [0.2, 0.25) is 11.8 Å². The molecule has 1 aromatic carbocycles. The molecule has 1 N–H and O–H groups in total. The zero-order chi connectivity index (χ0) is 14.2. The van der Waals surface area contributed by atoms with Crippen molar-refractivity contribution in [1.82, 2.24) is 10.2 Å². The first-order valence-corrected chi connectivity index (χ1v) is 7.34. The second-order valence-corrected chi connectivity index (χ2v) is 5.24. The number of carbonyl (C=O) groups excluding carboxylic acids is 2. The summed E-state index contributed by atoms with van der Waals surface area (Å²) in [5, 5.41) is 2.87. The molecule has 0 aliphatic carbocycles. The molecule has 1 aromatic rings. The van der Waals surface area contributed by atoms with E-state index in [1.54, 1.807) is 4.90 Å². The smallest absolute Gasteiger partial charge is 0.239 e. The van der Waals surface area contributed by atoms with E-state index in [0.29, 0.717) is 19.5 Å². The van der Waals surface area contributed by atoms with Gasteiger partial charge < -0.3 is 10.2 Å².